The third kappa shape index (κ3) is 5.59. The summed E-state index contributed by atoms with van der Waals surface area (Å²) in [6, 6.07) is 6.16. The molecule has 2 aliphatic rings. The maximum Gasteiger partial charge on any atom is 0.387 e. The zero-order valence-corrected chi connectivity index (χ0v) is 25.6. The van der Waals surface area contributed by atoms with Crippen LogP contribution in [0.2, 0.25) is 0 Å². The van der Waals surface area contributed by atoms with Crippen molar-refractivity contribution in [2.24, 2.45) is 11.8 Å². The summed E-state index contributed by atoms with van der Waals surface area (Å²) in [6.45, 7) is 0.828. The van der Waals surface area contributed by atoms with Gasteiger partial charge in [0.05, 0.1) is 35.2 Å². The van der Waals surface area contributed by atoms with Crippen molar-refractivity contribution < 1.29 is 37.7 Å². The zero-order chi connectivity index (χ0) is 32.2. The average Bonchev–Trinajstić information content (AvgIpc) is 3.74. The van der Waals surface area contributed by atoms with E-state index in [4.69, 9.17) is 13.9 Å². The van der Waals surface area contributed by atoms with Crippen LogP contribution < -0.4 is 16.0 Å². The molecule has 0 amide bonds. The summed E-state index contributed by atoms with van der Waals surface area (Å²) < 4.78 is 45.9. The highest BCUT2D eigenvalue weighted by molar-refractivity contribution is 7.22. The van der Waals surface area contributed by atoms with Gasteiger partial charge in [0.1, 0.15) is 28.5 Å². The highest BCUT2D eigenvalue weighted by Crippen LogP contribution is 2.47. The molecule has 0 spiro atoms. The normalized spacial score (nSPS) is 22.3. The molecule has 0 bridgehead atoms. The molecule has 0 radical (unpaired) electrons. The molecule has 0 aliphatic heterocycles. The van der Waals surface area contributed by atoms with Crippen LogP contribution in [0.4, 0.5) is 8.78 Å². The first-order valence-electron chi connectivity index (χ1n) is 14.7. The Morgan fingerprint density at radius 2 is 1.87 bits per heavy atom. The molecule has 0 saturated heterocycles. The maximum absolute atomic E-state index is 14.2. The number of nitrogens with zero attached hydrogens (tertiary/aromatic N) is 3. The van der Waals surface area contributed by atoms with Gasteiger partial charge in [-0.2, -0.15) is 8.78 Å². The quantitative estimate of drug-likeness (QED) is 0.246. The molecule has 2 fully saturated rings. The van der Waals surface area contributed by atoms with Crippen molar-refractivity contribution in [2.75, 3.05) is 0 Å². The predicted molar refractivity (Wildman–Crippen MR) is 160 cm³/mol. The number of aryl methyl sites for hydroxylation is 1. The van der Waals surface area contributed by atoms with Crippen molar-refractivity contribution in [1.82, 2.24) is 14.1 Å². The van der Waals surface area contributed by atoms with Gasteiger partial charge in [0, 0.05) is 5.56 Å². The molecule has 240 valence electrons. The number of ether oxygens (including phenoxy) is 2. The second-order valence-electron chi connectivity index (χ2n) is 12.3. The van der Waals surface area contributed by atoms with Crippen LogP contribution in [-0.4, -0.2) is 49.1 Å². The number of hydrogen-bond donors (Lipinski definition) is 2. The first kappa shape index (κ1) is 31.1. The Morgan fingerprint density at radius 3 is 2.49 bits per heavy atom. The molecule has 5 atom stereocenters. The minimum Gasteiger partial charge on any atom is -0.480 e. The fourth-order valence-electron chi connectivity index (χ4n) is 6.84. The Hall–Kier alpha value is -3.88. The van der Waals surface area contributed by atoms with Crippen molar-refractivity contribution in [3.05, 3.63) is 68.7 Å². The third-order valence-electron chi connectivity index (χ3n) is 9.06. The molecule has 14 heteroatoms. The van der Waals surface area contributed by atoms with E-state index in [0.29, 0.717) is 40.7 Å². The molecule has 6 rings (SSSR count). The number of halogens is 2. The number of para-hydroxylation sites is 1. The number of fused-ring (bicyclic) bond motifs is 2. The van der Waals surface area contributed by atoms with Gasteiger partial charge in [0.2, 0.25) is 5.89 Å². The fraction of sp³-hybridized carbons (Fsp3) is 0.484. The van der Waals surface area contributed by atoms with E-state index < -0.39 is 35.5 Å². The largest absolute Gasteiger partial charge is 0.480 e. The predicted octanol–water partition coefficient (Wildman–Crippen LogP) is 4.92. The average molecular weight is 646 g/mol. The van der Waals surface area contributed by atoms with E-state index in [2.05, 4.69) is 4.98 Å². The summed E-state index contributed by atoms with van der Waals surface area (Å²) in [5.74, 6) is -0.781. The standard InChI is InChI=1S/C31H33F2N3O8S/c1-15-23-26(38)36(31(2,3)28(39)40)30(41)35(27(23)45-24(15)25-34-8-9-42-25)14-22(20-6-4-5-7-21(20)44-29(32)33)43-19-12-16-10-18(37)11-17(16)13-19/h4-9,16-19,22,29,37H,10-14H2,1-3H3,(H,39,40)/t16-,17+,18-,19+,22?. The second-order valence-corrected chi connectivity index (χ2v) is 13.3. The Kier molecular flexibility index (Phi) is 8.16. The summed E-state index contributed by atoms with van der Waals surface area (Å²) in [5, 5.41) is 20.3. The monoisotopic (exact) mass is 645 g/mol. The minimum absolute atomic E-state index is 0.113. The van der Waals surface area contributed by atoms with E-state index in [1.165, 1.54) is 36.9 Å². The molecule has 2 aliphatic carbocycles. The van der Waals surface area contributed by atoms with Crippen LogP contribution in [0.15, 0.2) is 50.7 Å². The van der Waals surface area contributed by atoms with E-state index >= 15 is 0 Å². The molecule has 4 aromatic rings. The first-order valence-corrected chi connectivity index (χ1v) is 15.5. The van der Waals surface area contributed by atoms with Gasteiger partial charge in [-0.15, -0.1) is 11.3 Å². The molecule has 3 heterocycles. The molecule has 2 saturated carbocycles. The lowest BCUT2D eigenvalue weighted by atomic mass is 10.0. The van der Waals surface area contributed by atoms with Crippen molar-refractivity contribution in [2.45, 2.75) is 83.5 Å². The summed E-state index contributed by atoms with van der Waals surface area (Å²) in [5.41, 5.74) is -2.89. The van der Waals surface area contributed by atoms with Gasteiger partial charge < -0.3 is 24.1 Å². The highest BCUT2D eigenvalue weighted by atomic mass is 32.1. The molecule has 45 heavy (non-hydrogen) atoms. The van der Waals surface area contributed by atoms with Crippen LogP contribution in [-0.2, 0) is 21.6 Å². The van der Waals surface area contributed by atoms with E-state index in [0.717, 1.165) is 11.3 Å². The molecule has 3 aromatic heterocycles. The van der Waals surface area contributed by atoms with E-state index in [1.54, 1.807) is 25.1 Å². The van der Waals surface area contributed by atoms with Gasteiger partial charge in [-0.1, -0.05) is 18.2 Å². The fourth-order valence-corrected chi connectivity index (χ4v) is 8.08. The van der Waals surface area contributed by atoms with Crippen LogP contribution in [0.5, 0.6) is 5.75 Å². The number of oxazole rings is 1. The summed E-state index contributed by atoms with van der Waals surface area (Å²) in [7, 11) is 0. The summed E-state index contributed by atoms with van der Waals surface area (Å²) in [4.78, 5) is 45.4. The number of benzene rings is 1. The van der Waals surface area contributed by atoms with Crippen LogP contribution in [0.1, 0.15) is 56.8 Å². The third-order valence-corrected chi connectivity index (χ3v) is 10.4. The molecule has 1 aromatic carbocycles. The van der Waals surface area contributed by atoms with Crippen molar-refractivity contribution in [3.63, 3.8) is 0 Å². The SMILES string of the molecule is Cc1c(-c2ncco2)sc2c1c(=O)n(C(C)(C)C(=O)O)c(=O)n2CC(O[C@H]1C[C@H]2C[C@@H](O)C[C@H]2C1)c1ccccc1OC(F)F. The Bertz CT molecular complexity index is 1830. The van der Waals surface area contributed by atoms with Gasteiger partial charge in [-0.05, 0) is 69.9 Å². The maximum atomic E-state index is 14.2. The Labute approximate surface area is 259 Å². The van der Waals surface area contributed by atoms with Crippen molar-refractivity contribution in [3.8, 4) is 16.5 Å². The van der Waals surface area contributed by atoms with Crippen LogP contribution in [0.25, 0.3) is 21.0 Å². The number of alkyl halides is 2. The summed E-state index contributed by atoms with van der Waals surface area (Å²) in [6.07, 6.45) is 3.79. The second kappa shape index (κ2) is 11.8. The number of hydrogen-bond acceptors (Lipinski definition) is 9. The molecular weight excluding hydrogens is 612 g/mol. The summed E-state index contributed by atoms with van der Waals surface area (Å²) >= 11 is 1.08. The number of thiophene rings is 1. The number of carboxylic acids is 1. The number of rotatable bonds is 10. The Morgan fingerprint density at radius 1 is 1.18 bits per heavy atom. The number of aliphatic carboxylic acids is 1. The molecule has 2 N–H and O–H groups in total. The lowest BCUT2D eigenvalue weighted by Gasteiger charge is -2.28. The lowest BCUT2D eigenvalue weighted by molar-refractivity contribution is -0.146. The van der Waals surface area contributed by atoms with Gasteiger partial charge in [0.25, 0.3) is 5.56 Å². The number of aliphatic hydroxyl groups excluding tert-OH is 1. The van der Waals surface area contributed by atoms with Crippen LogP contribution in [0, 0.1) is 18.8 Å². The molecule has 1 unspecified atom stereocenters. The number of aromatic nitrogens is 3. The molecular formula is C31H33F2N3O8S. The number of carboxylic acid groups (broad SMARTS) is 1. The number of aliphatic hydroxyl groups is 1. The minimum atomic E-state index is -3.12. The van der Waals surface area contributed by atoms with Gasteiger partial charge >= 0.3 is 18.3 Å². The number of carbonyl (C=O) groups is 1. The van der Waals surface area contributed by atoms with Crippen LogP contribution >= 0.6 is 11.3 Å². The lowest BCUT2D eigenvalue weighted by Crippen LogP contribution is -2.52. The van der Waals surface area contributed by atoms with Crippen molar-refractivity contribution in [1.29, 1.82) is 0 Å². The smallest absolute Gasteiger partial charge is 0.387 e. The van der Waals surface area contributed by atoms with Gasteiger partial charge in [-0.25, -0.2) is 19.1 Å². The van der Waals surface area contributed by atoms with Gasteiger partial charge in [-0.3, -0.25) is 9.36 Å². The topological polar surface area (TPSA) is 146 Å². The van der Waals surface area contributed by atoms with E-state index in [9.17, 15) is 33.4 Å². The zero-order valence-electron chi connectivity index (χ0n) is 24.8. The van der Waals surface area contributed by atoms with Crippen molar-refractivity contribution >= 4 is 27.5 Å². The van der Waals surface area contributed by atoms with Crippen LogP contribution in [0.3, 0.4) is 0 Å². The van der Waals surface area contributed by atoms with E-state index in [1.807, 2.05) is 0 Å². The first-order chi connectivity index (χ1) is 21.4. The highest BCUT2D eigenvalue weighted by Gasteiger charge is 2.43. The van der Waals surface area contributed by atoms with E-state index in [-0.39, 0.29) is 58.0 Å². The van der Waals surface area contributed by atoms with Gasteiger partial charge in [0.15, 0.2) is 0 Å². The Balaban J connectivity index is 1.53. The molecule has 11 nitrogen and oxygen atoms in total.